The van der Waals surface area contributed by atoms with Gasteiger partial charge in [0.05, 0.1) is 24.8 Å². The second-order valence-corrected chi connectivity index (χ2v) is 10.3. The number of hydrazone groups is 1. The summed E-state index contributed by atoms with van der Waals surface area (Å²) in [5.41, 5.74) is 2.72. The predicted molar refractivity (Wildman–Crippen MR) is 133 cm³/mol. The molecule has 1 amide bonds. The van der Waals surface area contributed by atoms with Gasteiger partial charge in [-0.3, -0.25) is 9.10 Å². The van der Waals surface area contributed by atoms with Gasteiger partial charge in [0, 0.05) is 0 Å². The molecule has 2 rings (SSSR count). The van der Waals surface area contributed by atoms with Gasteiger partial charge in [-0.2, -0.15) is 5.10 Å². The Kier molecular flexibility index (Phi) is 9.64. The van der Waals surface area contributed by atoms with Crippen LogP contribution in [0.5, 0.6) is 11.5 Å². The van der Waals surface area contributed by atoms with E-state index in [9.17, 15) is 18.0 Å². The molecule has 0 aliphatic rings. The molecule has 0 aliphatic heterocycles. The van der Waals surface area contributed by atoms with Gasteiger partial charge in [-0.1, -0.05) is 0 Å². The van der Waals surface area contributed by atoms with Crippen molar-refractivity contribution in [3.63, 3.8) is 0 Å². The van der Waals surface area contributed by atoms with Crippen LogP contribution in [-0.2, 0) is 24.3 Å². The number of carbonyl (C=O) groups excluding carboxylic acids is 2. The van der Waals surface area contributed by atoms with Crippen molar-refractivity contribution in [1.29, 1.82) is 0 Å². The molecule has 0 aromatic heterocycles. The highest BCUT2D eigenvalue weighted by atomic mass is 32.2. The Morgan fingerprint density at radius 1 is 1.00 bits per heavy atom. The van der Waals surface area contributed by atoms with E-state index < -0.39 is 34.0 Å². The van der Waals surface area contributed by atoms with Gasteiger partial charge in [0.15, 0.2) is 6.61 Å². The van der Waals surface area contributed by atoms with Crippen LogP contribution >= 0.6 is 0 Å². The smallest absolute Gasteiger partial charge is 0.344 e. The van der Waals surface area contributed by atoms with Crippen molar-refractivity contribution >= 4 is 33.8 Å². The summed E-state index contributed by atoms with van der Waals surface area (Å²) in [6, 6.07) is 13.0. The van der Waals surface area contributed by atoms with Crippen LogP contribution in [0.15, 0.2) is 53.6 Å². The van der Waals surface area contributed by atoms with E-state index in [4.69, 9.17) is 14.2 Å². The molecule has 10 nitrogen and oxygen atoms in total. The highest BCUT2D eigenvalue weighted by Gasteiger charge is 2.21. The zero-order chi connectivity index (χ0) is 26.1. The number of nitrogens with one attached hydrogen (secondary N) is 1. The first-order valence-corrected chi connectivity index (χ1v) is 12.7. The SMILES string of the molecule is CCOc1ccc(N(CC(=O)N/N=C\c2ccc(OCC(=O)OC(C)(C)C)cc2)S(C)(=O)=O)cc1. The Labute approximate surface area is 205 Å². The number of nitrogens with zero attached hydrogens (tertiary/aromatic N) is 2. The first-order chi connectivity index (χ1) is 16.4. The lowest BCUT2D eigenvalue weighted by Crippen LogP contribution is -2.39. The van der Waals surface area contributed by atoms with E-state index in [1.165, 1.54) is 6.21 Å². The maximum atomic E-state index is 12.3. The van der Waals surface area contributed by atoms with Crippen molar-refractivity contribution in [2.45, 2.75) is 33.3 Å². The molecule has 1 N–H and O–H groups in total. The van der Waals surface area contributed by atoms with Crippen molar-refractivity contribution in [1.82, 2.24) is 5.43 Å². The van der Waals surface area contributed by atoms with Gasteiger partial charge < -0.3 is 14.2 Å². The Morgan fingerprint density at radius 3 is 2.11 bits per heavy atom. The average Bonchev–Trinajstić information content (AvgIpc) is 2.76. The normalized spacial score (nSPS) is 11.7. The van der Waals surface area contributed by atoms with E-state index in [0.717, 1.165) is 10.6 Å². The summed E-state index contributed by atoms with van der Waals surface area (Å²) in [7, 11) is -3.71. The maximum Gasteiger partial charge on any atom is 0.344 e. The number of hydrogen-bond acceptors (Lipinski definition) is 8. The lowest BCUT2D eigenvalue weighted by atomic mass is 10.2. The summed E-state index contributed by atoms with van der Waals surface area (Å²) in [4.78, 5) is 24.0. The molecule has 0 aliphatic carbocycles. The van der Waals surface area contributed by atoms with Gasteiger partial charge in [-0.25, -0.2) is 18.6 Å². The van der Waals surface area contributed by atoms with Crippen LogP contribution in [-0.4, -0.2) is 58.1 Å². The van der Waals surface area contributed by atoms with Gasteiger partial charge >= 0.3 is 5.97 Å². The van der Waals surface area contributed by atoms with E-state index in [1.54, 1.807) is 69.3 Å². The fourth-order valence-electron chi connectivity index (χ4n) is 2.78. The fourth-order valence-corrected chi connectivity index (χ4v) is 3.64. The summed E-state index contributed by atoms with van der Waals surface area (Å²) >= 11 is 0. The van der Waals surface area contributed by atoms with Crippen LogP contribution in [0.2, 0.25) is 0 Å². The summed E-state index contributed by atoms with van der Waals surface area (Å²) in [6.07, 6.45) is 2.42. The van der Waals surface area contributed by atoms with Gasteiger partial charge in [-0.15, -0.1) is 0 Å². The number of amides is 1. The molecule has 2 aromatic carbocycles. The van der Waals surface area contributed by atoms with Crippen molar-refractivity contribution in [3.05, 3.63) is 54.1 Å². The van der Waals surface area contributed by atoms with E-state index in [2.05, 4.69) is 10.5 Å². The van der Waals surface area contributed by atoms with E-state index in [-0.39, 0.29) is 6.61 Å². The number of esters is 1. The van der Waals surface area contributed by atoms with Crippen molar-refractivity contribution in [2.75, 3.05) is 30.3 Å². The predicted octanol–water partition coefficient (Wildman–Crippen LogP) is 2.72. The largest absolute Gasteiger partial charge is 0.494 e. The number of rotatable bonds is 11. The maximum absolute atomic E-state index is 12.3. The van der Waals surface area contributed by atoms with Gasteiger partial charge in [0.25, 0.3) is 5.91 Å². The minimum Gasteiger partial charge on any atom is -0.494 e. The number of carbonyl (C=O) groups is 2. The van der Waals surface area contributed by atoms with Crippen molar-refractivity contribution < 1.29 is 32.2 Å². The van der Waals surface area contributed by atoms with E-state index in [0.29, 0.717) is 29.4 Å². The molecule has 0 unspecified atom stereocenters. The molecule has 0 heterocycles. The molecule has 0 spiro atoms. The molecule has 2 aromatic rings. The first kappa shape index (κ1) is 27.6. The van der Waals surface area contributed by atoms with Crippen LogP contribution < -0.4 is 19.2 Å². The molecule has 0 fully saturated rings. The van der Waals surface area contributed by atoms with Crippen LogP contribution in [0, 0.1) is 0 Å². The molecular formula is C24H31N3O7S. The summed E-state index contributed by atoms with van der Waals surface area (Å²) in [6.45, 7) is 6.99. The Hall–Kier alpha value is -3.60. The lowest BCUT2D eigenvalue weighted by Gasteiger charge is -2.21. The minimum absolute atomic E-state index is 0.216. The number of anilines is 1. The summed E-state index contributed by atoms with van der Waals surface area (Å²) in [5, 5.41) is 3.87. The third kappa shape index (κ3) is 10.0. The molecule has 35 heavy (non-hydrogen) atoms. The minimum atomic E-state index is -3.71. The van der Waals surface area contributed by atoms with Crippen molar-refractivity contribution in [2.24, 2.45) is 5.10 Å². The van der Waals surface area contributed by atoms with Crippen LogP contribution in [0.1, 0.15) is 33.3 Å². The van der Waals surface area contributed by atoms with Crippen LogP contribution in [0.4, 0.5) is 5.69 Å². The summed E-state index contributed by atoms with van der Waals surface area (Å²) in [5.74, 6) is -0.0201. The second kappa shape index (κ2) is 12.2. The topological polar surface area (TPSA) is 124 Å². The quantitative estimate of drug-likeness (QED) is 0.283. The van der Waals surface area contributed by atoms with Gasteiger partial charge in [0.2, 0.25) is 10.0 Å². The Morgan fingerprint density at radius 2 is 1.57 bits per heavy atom. The Balaban J connectivity index is 1.91. The van der Waals surface area contributed by atoms with Crippen LogP contribution in [0.25, 0.3) is 0 Å². The summed E-state index contributed by atoms with van der Waals surface area (Å²) < 4.78 is 41.3. The molecule has 0 atom stereocenters. The molecule has 0 saturated heterocycles. The third-order valence-electron chi connectivity index (χ3n) is 4.18. The zero-order valence-electron chi connectivity index (χ0n) is 20.5. The highest BCUT2D eigenvalue weighted by molar-refractivity contribution is 7.92. The number of ether oxygens (including phenoxy) is 3. The molecular weight excluding hydrogens is 474 g/mol. The monoisotopic (exact) mass is 505 g/mol. The third-order valence-corrected chi connectivity index (χ3v) is 5.32. The van der Waals surface area contributed by atoms with Gasteiger partial charge in [-0.05, 0) is 81.8 Å². The molecule has 11 heteroatoms. The highest BCUT2D eigenvalue weighted by Crippen LogP contribution is 2.21. The molecule has 0 radical (unpaired) electrons. The molecule has 0 bridgehead atoms. The van der Waals surface area contributed by atoms with Crippen molar-refractivity contribution in [3.8, 4) is 11.5 Å². The molecule has 0 saturated carbocycles. The number of benzene rings is 2. The molecule has 190 valence electrons. The zero-order valence-corrected chi connectivity index (χ0v) is 21.3. The lowest BCUT2D eigenvalue weighted by molar-refractivity contribution is -0.157. The number of sulfonamides is 1. The Bertz CT molecular complexity index is 1120. The fraction of sp³-hybridized carbons (Fsp3) is 0.375. The second-order valence-electron chi connectivity index (χ2n) is 8.43. The van der Waals surface area contributed by atoms with Crippen LogP contribution in [0.3, 0.4) is 0 Å². The average molecular weight is 506 g/mol. The van der Waals surface area contributed by atoms with E-state index >= 15 is 0 Å². The standard InChI is InChI=1S/C24H31N3O7S/c1-6-32-20-13-9-19(10-14-20)27(35(5,30)31)16-22(28)26-25-15-18-7-11-21(12-8-18)33-17-23(29)34-24(2,3)4/h7-15H,6,16-17H2,1-5H3,(H,26,28)/b25-15-. The van der Waals surface area contributed by atoms with Gasteiger partial charge in [0.1, 0.15) is 23.6 Å². The van der Waals surface area contributed by atoms with E-state index in [1.807, 2.05) is 6.92 Å². The first-order valence-electron chi connectivity index (χ1n) is 10.8. The number of hydrogen-bond donors (Lipinski definition) is 1.